The maximum atomic E-state index is 15.1. The number of aliphatic hydroxyl groups is 2. The van der Waals surface area contributed by atoms with E-state index in [1.54, 1.807) is 18.6 Å². The van der Waals surface area contributed by atoms with Crippen LogP contribution in [-0.4, -0.2) is 31.0 Å². The molecule has 4 saturated carbocycles. The van der Waals surface area contributed by atoms with Crippen LogP contribution in [0.3, 0.4) is 0 Å². The van der Waals surface area contributed by atoms with Gasteiger partial charge < -0.3 is 14.8 Å². The van der Waals surface area contributed by atoms with E-state index in [-0.39, 0.29) is 11.2 Å². The lowest BCUT2D eigenvalue weighted by Gasteiger charge is -2.65. The highest BCUT2D eigenvalue weighted by Crippen LogP contribution is 2.66. The average molecular weight is 397 g/mol. The van der Waals surface area contributed by atoms with Crippen LogP contribution in [0.5, 0.6) is 0 Å². The number of imidazole rings is 1. The van der Waals surface area contributed by atoms with Crippen LogP contribution in [0, 0.1) is 23.1 Å². The molecule has 2 unspecified atom stereocenters. The van der Waals surface area contributed by atoms with Crippen LogP contribution < -0.4 is 0 Å². The van der Waals surface area contributed by atoms with Crippen LogP contribution >= 0.6 is 0 Å². The molecule has 0 amide bonds. The second-order valence-electron chi connectivity index (χ2n) is 11.0. The highest BCUT2D eigenvalue weighted by atomic mass is 19.1. The van der Waals surface area contributed by atoms with Gasteiger partial charge in [0.1, 0.15) is 5.82 Å². The summed E-state index contributed by atoms with van der Waals surface area (Å²) in [5.74, 6) is 0.766. The molecule has 5 aliphatic rings. The van der Waals surface area contributed by atoms with Gasteiger partial charge in [0.05, 0.1) is 35.0 Å². The monoisotopic (exact) mass is 396 g/mol. The summed E-state index contributed by atoms with van der Waals surface area (Å²) in [5, 5.41) is 23.2. The van der Waals surface area contributed by atoms with Gasteiger partial charge in [0.15, 0.2) is 0 Å². The molecule has 4 atom stereocenters. The van der Waals surface area contributed by atoms with Gasteiger partial charge in [-0.05, 0) is 70.3 Å². The fraction of sp³-hybridized carbons (Fsp3) is 0.625. The molecule has 29 heavy (non-hydrogen) atoms. The third-order valence-electron chi connectivity index (χ3n) is 8.86. The lowest BCUT2D eigenvalue weighted by Crippen LogP contribution is -2.64. The molecule has 4 bridgehead atoms. The Morgan fingerprint density at radius 1 is 1.24 bits per heavy atom. The summed E-state index contributed by atoms with van der Waals surface area (Å²) in [4.78, 5) is 4.32. The zero-order valence-corrected chi connectivity index (χ0v) is 17.2. The van der Waals surface area contributed by atoms with E-state index in [1.807, 2.05) is 24.5 Å². The normalized spacial score (nSPS) is 41.3. The Kier molecular flexibility index (Phi) is 3.31. The lowest BCUT2D eigenvalue weighted by atomic mass is 9.43. The number of fused-ring (bicyclic) bond motifs is 3. The van der Waals surface area contributed by atoms with Crippen molar-refractivity contribution in [2.75, 3.05) is 0 Å². The first-order valence-corrected chi connectivity index (χ1v) is 10.9. The van der Waals surface area contributed by atoms with Crippen molar-refractivity contribution in [3.63, 3.8) is 0 Å². The molecule has 2 N–H and O–H groups in total. The standard InChI is InChI=1S/C24H29FN2O2/c1-21(20-17(4-3-5-18(20)25)19-11-26-14-27(19)21)12-22(2,28)23-7-15-6-16(8-23)10-24(29,9-15)13-23/h3-5,11,14-16,28-29H,6-10,12-13H2,1-2H3/t15?,16?,21-,22+,23?,24?/m1/s1. The summed E-state index contributed by atoms with van der Waals surface area (Å²) in [6.45, 7) is 3.96. The minimum Gasteiger partial charge on any atom is -0.390 e. The maximum absolute atomic E-state index is 15.1. The molecule has 1 aromatic carbocycles. The number of hydrogen-bond acceptors (Lipinski definition) is 3. The Morgan fingerprint density at radius 3 is 2.66 bits per heavy atom. The number of nitrogens with zero attached hydrogens (tertiary/aromatic N) is 2. The van der Waals surface area contributed by atoms with Gasteiger partial charge in [-0.15, -0.1) is 0 Å². The zero-order chi connectivity index (χ0) is 20.2. The fourth-order valence-electron chi connectivity index (χ4n) is 8.17. The van der Waals surface area contributed by atoms with Crippen LogP contribution in [0.4, 0.5) is 4.39 Å². The molecule has 4 aliphatic carbocycles. The van der Waals surface area contributed by atoms with Gasteiger partial charge in [-0.2, -0.15) is 0 Å². The summed E-state index contributed by atoms with van der Waals surface area (Å²) in [6, 6.07) is 5.20. The fourth-order valence-corrected chi connectivity index (χ4v) is 8.17. The van der Waals surface area contributed by atoms with E-state index in [9.17, 15) is 10.2 Å². The average Bonchev–Trinajstić information content (AvgIpc) is 3.16. The Labute approximate surface area is 170 Å². The molecule has 154 valence electrons. The summed E-state index contributed by atoms with van der Waals surface area (Å²) in [7, 11) is 0. The number of halogens is 1. The number of aromatic nitrogens is 2. The van der Waals surface area contributed by atoms with Gasteiger partial charge in [0, 0.05) is 23.0 Å². The first kappa shape index (κ1) is 18.1. The molecule has 2 aromatic rings. The van der Waals surface area contributed by atoms with Crippen molar-refractivity contribution in [3.8, 4) is 11.3 Å². The Hall–Kier alpha value is -1.72. The number of rotatable bonds is 3. The second-order valence-corrected chi connectivity index (χ2v) is 11.0. The lowest BCUT2D eigenvalue weighted by molar-refractivity contribution is -0.230. The first-order chi connectivity index (χ1) is 13.6. The van der Waals surface area contributed by atoms with Crippen molar-refractivity contribution in [2.45, 2.75) is 75.5 Å². The van der Waals surface area contributed by atoms with E-state index in [0.29, 0.717) is 30.2 Å². The predicted molar refractivity (Wildman–Crippen MR) is 108 cm³/mol. The molecule has 2 heterocycles. The van der Waals surface area contributed by atoms with Crippen LogP contribution in [0.25, 0.3) is 11.3 Å². The number of benzene rings is 1. The summed E-state index contributed by atoms with van der Waals surface area (Å²) < 4.78 is 17.1. The minimum absolute atomic E-state index is 0.228. The van der Waals surface area contributed by atoms with Gasteiger partial charge in [-0.3, -0.25) is 0 Å². The van der Waals surface area contributed by atoms with Crippen molar-refractivity contribution in [2.24, 2.45) is 17.3 Å². The SMILES string of the molecule is C[C@](O)(C[C@]1(C)c2c(F)cccc2-c2cncn21)C12CC3CC(CC(O)(C3)C1)C2. The summed E-state index contributed by atoms with van der Waals surface area (Å²) in [5.41, 5.74) is -0.230. The molecule has 4 fully saturated rings. The first-order valence-electron chi connectivity index (χ1n) is 10.9. The third-order valence-corrected chi connectivity index (χ3v) is 8.86. The summed E-state index contributed by atoms with van der Waals surface area (Å²) >= 11 is 0. The van der Waals surface area contributed by atoms with Crippen LogP contribution in [0.1, 0.15) is 64.4 Å². The van der Waals surface area contributed by atoms with Crippen molar-refractivity contribution in [1.82, 2.24) is 9.55 Å². The van der Waals surface area contributed by atoms with E-state index in [1.165, 1.54) is 12.5 Å². The highest BCUT2D eigenvalue weighted by Gasteiger charge is 2.64. The third kappa shape index (κ3) is 2.23. The van der Waals surface area contributed by atoms with E-state index in [0.717, 1.165) is 36.9 Å². The van der Waals surface area contributed by atoms with Gasteiger partial charge in [-0.25, -0.2) is 9.37 Å². The zero-order valence-electron chi connectivity index (χ0n) is 17.2. The molecule has 0 spiro atoms. The van der Waals surface area contributed by atoms with Crippen molar-refractivity contribution in [1.29, 1.82) is 0 Å². The Bertz CT molecular complexity index is 998. The highest BCUT2D eigenvalue weighted by molar-refractivity contribution is 5.71. The van der Waals surface area contributed by atoms with Gasteiger partial charge in [-0.1, -0.05) is 12.1 Å². The van der Waals surface area contributed by atoms with Crippen LogP contribution in [0.2, 0.25) is 0 Å². The number of hydrogen-bond donors (Lipinski definition) is 2. The second kappa shape index (κ2) is 5.30. The van der Waals surface area contributed by atoms with Crippen molar-refractivity contribution < 1.29 is 14.6 Å². The molecule has 0 radical (unpaired) electrons. The molecule has 5 heteroatoms. The van der Waals surface area contributed by atoms with Gasteiger partial charge >= 0.3 is 0 Å². The minimum atomic E-state index is -1.01. The van der Waals surface area contributed by atoms with E-state index < -0.39 is 16.7 Å². The Balaban J connectivity index is 1.45. The van der Waals surface area contributed by atoms with Gasteiger partial charge in [0.25, 0.3) is 0 Å². The molecule has 0 saturated heterocycles. The summed E-state index contributed by atoms with van der Waals surface area (Å²) in [6.07, 6.45) is 9.49. The smallest absolute Gasteiger partial charge is 0.129 e. The molecule has 7 rings (SSSR count). The largest absolute Gasteiger partial charge is 0.390 e. The molecule has 4 nitrogen and oxygen atoms in total. The predicted octanol–water partition coefficient (Wildman–Crippen LogP) is 4.24. The molecular weight excluding hydrogens is 367 g/mol. The molecular formula is C24H29FN2O2. The van der Waals surface area contributed by atoms with Crippen molar-refractivity contribution >= 4 is 0 Å². The maximum Gasteiger partial charge on any atom is 0.129 e. The van der Waals surface area contributed by atoms with E-state index in [2.05, 4.69) is 4.98 Å². The molecule has 1 aromatic heterocycles. The van der Waals surface area contributed by atoms with E-state index >= 15 is 4.39 Å². The van der Waals surface area contributed by atoms with Crippen LogP contribution in [0.15, 0.2) is 30.7 Å². The topological polar surface area (TPSA) is 58.3 Å². The van der Waals surface area contributed by atoms with Gasteiger partial charge in [0.2, 0.25) is 0 Å². The van der Waals surface area contributed by atoms with E-state index in [4.69, 9.17) is 0 Å². The van der Waals surface area contributed by atoms with Crippen LogP contribution in [-0.2, 0) is 5.54 Å². The quantitative estimate of drug-likeness (QED) is 0.816. The molecule has 1 aliphatic heterocycles. The Morgan fingerprint density at radius 2 is 1.97 bits per heavy atom. The van der Waals surface area contributed by atoms with Crippen molar-refractivity contribution in [3.05, 3.63) is 42.1 Å².